The van der Waals surface area contributed by atoms with Gasteiger partial charge in [-0.3, -0.25) is 14.5 Å². The monoisotopic (exact) mass is 458 g/mol. The summed E-state index contributed by atoms with van der Waals surface area (Å²) in [5.41, 5.74) is -0.353. The van der Waals surface area contributed by atoms with Crippen LogP contribution in [0.2, 0.25) is 0 Å². The van der Waals surface area contributed by atoms with Crippen molar-refractivity contribution in [3.8, 4) is 0 Å². The van der Waals surface area contributed by atoms with Gasteiger partial charge in [-0.15, -0.1) is 11.3 Å². The van der Waals surface area contributed by atoms with Gasteiger partial charge in [0.2, 0.25) is 11.8 Å². The zero-order chi connectivity index (χ0) is 22.1. The molecule has 0 aromatic carbocycles. The fourth-order valence-corrected chi connectivity index (χ4v) is 7.17. The molecule has 1 aromatic heterocycles. The van der Waals surface area contributed by atoms with Gasteiger partial charge >= 0.3 is 0 Å². The molecule has 1 N–H and O–H groups in total. The van der Waals surface area contributed by atoms with Crippen molar-refractivity contribution in [2.24, 2.45) is 5.92 Å². The normalized spacial score (nSPS) is 29.4. The Morgan fingerprint density at radius 2 is 1.97 bits per heavy atom. The highest BCUT2D eigenvalue weighted by Gasteiger charge is 2.49. The molecular formula is C25H38N4O2S. The number of rotatable bonds is 5. The van der Waals surface area contributed by atoms with Crippen molar-refractivity contribution in [2.45, 2.75) is 82.0 Å². The van der Waals surface area contributed by atoms with Crippen molar-refractivity contribution >= 4 is 23.2 Å². The molecule has 4 heterocycles. The van der Waals surface area contributed by atoms with Gasteiger partial charge in [0.1, 0.15) is 6.04 Å². The van der Waals surface area contributed by atoms with E-state index in [2.05, 4.69) is 39.7 Å². The number of piperidine rings is 1. The fraction of sp³-hybridized carbons (Fsp3) is 0.760. The third-order valence-corrected chi connectivity index (χ3v) is 9.31. The zero-order valence-corrected chi connectivity index (χ0v) is 20.2. The van der Waals surface area contributed by atoms with Crippen LogP contribution in [-0.4, -0.2) is 77.4 Å². The standard InChI is InChI=1S/C25H38N4O2S/c1-27(16-19-6-3-2-4-7-19)20-14-22-24(31)26-25(15-23(30)29(22)17-20)9-11-28(12-10-25)18-21-8-5-13-32-21/h5,8,13,19-20,22H,2-4,6-7,9-12,14-18H2,1H3,(H,26,31)/t20-,22-/m0/s1. The lowest BCUT2D eigenvalue weighted by molar-refractivity contribution is -0.135. The number of carbonyl (C=O) groups is 2. The Labute approximate surface area is 196 Å². The van der Waals surface area contributed by atoms with Gasteiger partial charge in [0, 0.05) is 43.6 Å². The van der Waals surface area contributed by atoms with Crippen molar-refractivity contribution in [3.63, 3.8) is 0 Å². The summed E-state index contributed by atoms with van der Waals surface area (Å²) in [6.07, 6.45) is 9.70. The summed E-state index contributed by atoms with van der Waals surface area (Å²) in [6.45, 7) is 4.65. The van der Waals surface area contributed by atoms with E-state index >= 15 is 0 Å². The van der Waals surface area contributed by atoms with Crippen molar-refractivity contribution in [3.05, 3.63) is 22.4 Å². The molecule has 176 valence electrons. The fourth-order valence-electron chi connectivity index (χ4n) is 6.43. The molecule has 4 aliphatic rings. The van der Waals surface area contributed by atoms with Crippen LogP contribution in [0.4, 0.5) is 0 Å². The van der Waals surface area contributed by atoms with Gasteiger partial charge in [0.05, 0.1) is 12.0 Å². The van der Waals surface area contributed by atoms with Gasteiger partial charge in [0.25, 0.3) is 0 Å². The summed E-state index contributed by atoms with van der Waals surface area (Å²) in [7, 11) is 2.19. The van der Waals surface area contributed by atoms with E-state index in [9.17, 15) is 9.59 Å². The average Bonchev–Trinajstić information content (AvgIpc) is 3.45. The second-order valence-electron chi connectivity index (χ2n) is 10.7. The van der Waals surface area contributed by atoms with Crippen molar-refractivity contribution in [1.82, 2.24) is 20.0 Å². The molecule has 1 aliphatic carbocycles. The Bertz CT molecular complexity index is 771. The molecule has 2 amide bonds. The van der Waals surface area contributed by atoms with Crippen molar-refractivity contribution in [1.29, 1.82) is 0 Å². The molecule has 7 heteroatoms. The summed E-state index contributed by atoms with van der Waals surface area (Å²) >= 11 is 1.80. The molecule has 1 aromatic rings. The second-order valence-corrected chi connectivity index (χ2v) is 11.7. The smallest absolute Gasteiger partial charge is 0.243 e. The zero-order valence-electron chi connectivity index (χ0n) is 19.4. The number of carbonyl (C=O) groups excluding carboxylic acids is 2. The number of nitrogens with zero attached hydrogens (tertiary/aromatic N) is 3. The van der Waals surface area contributed by atoms with Crippen LogP contribution >= 0.6 is 11.3 Å². The van der Waals surface area contributed by atoms with Crippen LogP contribution < -0.4 is 5.32 Å². The van der Waals surface area contributed by atoms with Gasteiger partial charge in [0.15, 0.2) is 0 Å². The number of fused-ring (bicyclic) bond motifs is 1. The summed E-state index contributed by atoms with van der Waals surface area (Å²) in [4.78, 5) is 34.8. The number of hydrogen-bond acceptors (Lipinski definition) is 5. The van der Waals surface area contributed by atoms with Crippen LogP contribution in [0.3, 0.4) is 0 Å². The third-order valence-electron chi connectivity index (χ3n) is 8.45. The van der Waals surface area contributed by atoms with Gasteiger partial charge < -0.3 is 15.1 Å². The quantitative estimate of drug-likeness (QED) is 0.737. The lowest BCUT2D eigenvalue weighted by Crippen LogP contribution is -2.56. The van der Waals surface area contributed by atoms with Crippen LogP contribution in [0.5, 0.6) is 0 Å². The van der Waals surface area contributed by atoms with Crippen molar-refractivity contribution in [2.75, 3.05) is 33.2 Å². The van der Waals surface area contributed by atoms with E-state index in [-0.39, 0.29) is 23.4 Å². The highest BCUT2D eigenvalue weighted by atomic mass is 32.1. The number of thiophene rings is 1. The van der Waals surface area contributed by atoms with Crippen LogP contribution in [0.15, 0.2) is 17.5 Å². The molecule has 6 nitrogen and oxygen atoms in total. The predicted molar refractivity (Wildman–Crippen MR) is 127 cm³/mol. The van der Waals surface area contributed by atoms with E-state index in [0.29, 0.717) is 19.0 Å². The Morgan fingerprint density at radius 3 is 2.69 bits per heavy atom. The van der Waals surface area contributed by atoms with Crippen LogP contribution in [0.1, 0.15) is 62.7 Å². The highest BCUT2D eigenvalue weighted by molar-refractivity contribution is 7.09. The maximum atomic E-state index is 13.3. The average molecular weight is 459 g/mol. The molecule has 3 saturated heterocycles. The topological polar surface area (TPSA) is 55.9 Å². The van der Waals surface area contributed by atoms with Crippen molar-refractivity contribution < 1.29 is 9.59 Å². The van der Waals surface area contributed by atoms with E-state index < -0.39 is 0 Å². The van der Waals surface area contributed by atoms with Crippen LogP contribution in [-0.2, 0) is 16.1 Å². The molecule has 0 unspecified atom stereocenters. The number of amides is 2. The van der Waals surface area contributed by atoms with E-state index in [0.717, 1.165) is 51.4 Å². The van der Waals surface area contributed by atoms with E-state index in [1.165, 1.54) is 37.0 Å². The second kappa shape index (κ2) is 9.43. The SMILES string of the molecule is CN(CC1CCCCC1)[C@H]1C[C@H]2C(=O)NC3(CCN(Cc4cccs4)CC3)CC(=O)N2C1. The third kappa shape index (κ3) is 4.75. The lowest BCUT2D eigenvalue weighted by atomic mass is 9.84. The van der Waals surface area contributed by atoms with Gasteiger partial charge in [-0.1, -0.05) is 25.3 Å². The highest BCUT2D eigenvalue weighted by Crippen LogP contribution is 2.34. The first-order chi connectivity index (χ1) is 15.5. The largest absolute Gasteiger partial charge is 0.348 e. The minimum absolute atomic E-state index is 0.0797. The van der Waals surface area contributed by atoms with E-state index in [1.54, 1.807) is 11.3 Å². The Morgan fingerprint density at radius 1 is 1.19 bits per heavy atom. The number of likely N-dealkylation sites (tertiary alicyclic amines) is 1. The van der Waals surface area contributed by atoms with Crippen LogP contribution in [0, 0.1) is 5.92 Å². The number of nitrogens with one attached hydrogen (secondary N) is 1. The number of likely N-dealkylation sites (N-methyl/N-ethyl adjacent to an activating group) is 1. The molecular weight excluding hydrogens is 420 g/mol. The first kappa shape index (κ1) is 22.4. The van der Waals surface area contributed by atoms with E-state index in [4.69, 9.17) is 0 Å². The minimum Gasteiger partial charge on any atom is -0.348 e. The molecule has 32 heavy (non-hydrogen) atoms. The summed E-state index contributed by atoms with van der Waals surface area (Å²) in [5, 5.41) is 5.50. The molecule has 2 atom stereocenters. The molecule has 5 rings (SSSR count). The number of hydrogen-bond donors (Lipinski definition) is 1. The summed E-state index contributed by atoms with van der Waals surface area (Å²) in [6, 6.07) is 4.30. The van der Waals surface area contributed by atoms with Gasteiger partial charge in [-0.05, 0) is 56.5 Å². The maximum absolute atomic E-state index is 13.3. The Hall–Kier alpha value is -1.44. The molecule has 1 spiro atoms. The van der Waals surface area contributed by atoms with Gasteiger partial charge in [-0.25, -0.2) is 0 Å². The summed E-state index contributed by atoms with van der Waals surface area (Å²) < 4.78 is 0. The summed E-state index contributed by atoms with van der Waals surface area (Å²) in [5.74, 6) is 1.03. The molecule has 0 radical (unpaired) electrons. The lowest BCUT2D eigenvalue weighted by Gasteiger charge is -2.41. The first-order valence-corrected chi connectivity index (χ1v) is 13.5. The molecule has 3 aliphatic heterocycles. The molecule has 1 saturated carbocycles. The maximum Gasteiger partial charge on any atom is 0.243 e. The van der Waals surface area contributed by atoms with Crippen LogP contribution in [0.25, 0.3) is 0 Å². The molecule has 0 bridgehead atoms. The predicted octanol–water partition coefficient (Wildman–Crippen LogP) is 3.08. The van der Waals surface area contributed by atoms with E-state index in [1.807, 2.05) is 4.90 Å². The Balaban J connectivity index is 1.18. The van der Waals surface area contributed by atoms with Gasteiger partial charge in [-0.2, -0.15) is 0 Å². The first-order valence-electron chi connectivity index (χ1n) is 12.6. The Kier molecular flexibility index (Phi) is 6.59. The minimum atomic E-state index is -0.353. The molecule has 4 fully saturated rings.